The second-order valence-electron chi connectivity index (χ2n) is 9.62. The summed E-state index contributed by atoms with van der Waals surface area (Å²) >= 11 is 0. The Bertz CT molecular complexity index is 1140. The molecule has 1 aromatic heterocycles. The Morgan fingerprint density at radius 3 is 2.41 bits per heavy atom. The molecule has 0 fully saturated rings. The Morgan fingerprint density at radius 2 is 1.76 bits per heavy atom. The van der Waals surface area contributed by atoms with Crippen molar-refractivity contribution in [1.82, 2.24) is 20.4 Å². The Labute approximate surface area is 199 Å². The second kappa shape index (κ2) is 10.8. The first kappa shape index (κ1) is 25.4. The molecule has 182 valence electrons. The molecule has 8 heteroatoms. The number of benzene rings is 2. The number of carbonyl (C=O) groups is 2. The van der Waals surface area contributed by atoms with E-state index in [2.05, 4.69) is 15.7 Å². The normalized spacial score (nSPS) is 13.5. The minimum Gasteiger partial charge on any atom is -0.348 e. The van der Waals surface area contributed by atoms with E-state index in [9.17, 15) is 14.0 Å². The number of para-hydroxylation sites is 1. The first-order chi connectivity index (χ1) is 16.1. The van der Waals surface area contributed by atoms with E-state index in [-0.39, 0.29) is 23.2 Å². The molecule has 4 N–H and O–H groups in total. The number of amides is 2. The molecule has 0 bridgehead atoms. The van der Waals surface area contributed by atoms with Crippen LogP contribution >= 0.6 is 0 Å². The quantitative estimate of drug-likeness (QED) is 0.415. The van der Waals surface area contributed by atoms with Gasteiger partial charge in [-0.25, -0.2) is 4.39 Å². The van der Waals surface area contributed by atoms with Crippen LogP contribution in [0.25, 0.3) is 10.9 Å². The smallest absolute Gasteiger partial charge is 0.273 e. The number of halogens is 1. The highest BCUT2D eigenvalue weighted by atomic mass is 19.1. The van der Waals surface area contributed by atoms with E-state index in [1.165, 1.54) is 10.7 Å². The molecule has 0 aliphatic heterocycles. The molecule has 0 saturated carbocycles. The van der Waals surface area contributed by atoms with Gasteiger partial charge in [0.2, 0.25) is 5.91 Å². The summed E-state index contributed by atoms with van der Waals surface area (Å²) in [5, 5.41) is 10.7. The number of nitrogens with zero attached hydrogens (tertiary/aromatic N) is 2. The van der Waals surface area contributed by atoms with Crippen LogP contribution < -0.4 is 16.4 Å². The van der Waals surface area contributed by atoms with Gasteiger partial charge in [0, 0.05) is 11.9 Å². The van der Waals surface area contributed by atoms with E-state index in [1.54, 1.807) is 12.1 Å². The number of hydrogen-bond acceptors (Lipinski definition) is 4. The lowest BCUT2D eigenvalue weighted by Crippen LogP contribution is -2.54. The molecule has 2 atom stereocenters. The zero-order valence-electron chi connectivity index (χ0n) is 20.3. The van der Waals surface area contributed by atoms with Crippen LogP contribution in [-0.4, -0.2) is 34.2 Å². The fourth-order valence-corrected chi connectivity index (χ4v) is 3.93. The SMILES string of the molecule is C[C@@H](NC(=O)C(NC(=O)c1nn(CCCCN)c2c(F)cccc12)C(C)(C)C)c1ccccc1. The third-order valence-corrected chi connectivity index (χ3v) is 5.82. The molecule has 0 saturated heterocycles. The molecule has 1 unspecified atom stereocenters. The zero-order valence-corrected chi connectivity index (χ0v) is 20.3. The van der Waals surface area contributed by atoms with Gasteiger partial charge in [0.15, 0.2) is 5.69 Å². The fraction of sp³-hybridized carbons (Fsp3) is 0.423. The molecule has 3 aromatic rings. The largest absolute Gasteiger partial charge is 0.348 e. The zero-order chi connectivity index (χ0) is 24.9. The summed E-state index contributed by atoms with van der Waals surface area (Å²) in [6.45, 7) is 8.52. The molecule has 0 aliphatic rings. The van der Waals surface area contributed by atoms with Gasteiger partial charge in [-0.3, -0.25) is 14.3 Å². The molecule has 34 heavy (non-hydrogen) atoms. The summed E-state index contributed by atoms with van der Waals surface area (Å²) in [6.07, 6.45) is 1.48. The van der Waals surface area contributed by atoms with Gasteiger partial charge < -0.3 is 16.4 Å². The molecule has 0 spiro atoms. The summed E-state index contributed by atoms with van der Waals surface area (Å²) in [4.78, 5) is 26.5. The minimum atomic E-state index is -0.822. The first-order valence-electron chi connectivity index (χ1n) is 11.6. The molecule has 1 heterocycles. The highest BCUT2D eigenvalue weighted by Crippen LogP contribution is 2.25. The third kappa shape index (κ3) is 5.80. The van der Waals surface area contributed by atoms with Crippen molar-refractivity contribution in [2.75, 3.05) is 6.54 Å². The summed E-state index contributed by atoms with van der Waals surface area (Å²) < 4.78 is 16.1. The summed E-state index contributed by atoms with van der Waals surface area (Å²) in [5.41, 5.74) is 6.35. The number of nitrogens with two attached hydrogens (primary N) is 1. The lowest BCUT2D eigenvalue weighted by molar-refractivity contribution is -0.126. The second-order valence-corrected chi connectivity index (χ2v) is 9.62. The topological polar surface area (TPSA) is 102 Å². The summed E-state index contributed by atoms with van der Waals surface area (Å²) in [6, 6.07) is 13.1. The van der Waals surface area contributed by atoms with Crippen LogP contribution in [0, 0.1) is 11.2 Å². The average molecular weight is 468 g/mol. The van der Waals surface area contributed by atoms with Crippen LogP contribution in [0.5, 0.6) is 0 Å². The fourth-order valence-electron chi connectivity index (χ4n) is 3.93. The molecule has 3 rings (SSSR count). The van der Waals surface area contributed by atoms with E-state index in [0.29, 0.717) is 24.9 Å². The van der Waals surface area contributed by atoms with E-state index < -0.39 is 23.2 Å². The van der Waals surface area contributed by atoms with Gasteiger partial charge >= 0.3 is 0 Å². The number of unbranched alkanes of at least 4 members (excludes halogenated alkanes) is 1. The highest BCUT2D eigenvalue weighted by Gasteiger charge is 2.35. The van der Waals surface area contributed by atoms with Gasteiger partial charge in [-0.05, 0) is 43.4 Å². The number of carbonyl (C=O) groups excluding carboxylic acids is 2. The molecular weight excluding hydrogens is 433 g/mol. The molecule has 2 amide bonds. The number of hydrogen-bond donors (Lipinski definition) is 3. The summed E-state index contributed by atoms with van der Waals surface area (Å²) in [7, 11) is 0. The number of aromatic nitrogens is 2. The van der Waals surface area contributed by atoms with Crippen LogP contribution in [0.15, 0.2) is 48.5 Å². The summed E-state index contributed by atoms with van der Waals surface area (Å²) in [5.74, 6) is -1.26. The molecular formula is C26H34FN5O2. The van der Waals surface area contributed by atoms with Crippen LogP contribution in [0.2, 0.25) is 0 Å². The van der Waals surface area contributed by atoms with Crippen LogP contribution in [0.4, 0.5) is 4.39 Å². The predicted molar refractivity (Wildman–Crippen MR) is 132 cm³/mol. The van der Waals surface area contributed by atoms with Gasteiger partial charge in [-0.15, -0.1) is 0 Å². The Morgan fingerprint density at radius 1 is 1.06 bits per heavy atom. The van der Waals surface area contributed by atoms with E-state index in [1.807, 2.05) is 58.0 Å². The van der Waals surface area contributed by atoms with Crippen molar-refractivity contribution in [3.8, 4) is 0 Å². The third-order valence-electron chi connectivity index (χ3n) is 5.82. The van der Waals surface area contributed by atoms with Gasteiger partial charge in [0.05, 0.1) is 6.04 Å². The van der Waals surface area contributed by atoms with Crippen LogP contribution in [0.3, 0.4) is 0 Å². The number of fused-ring (bicyclic) bond motifs is 1. The van der Waals surface area contributed by atoms with Crippen molar-refractivity contribution < 1.29 is 14.0 Å². The van der Waals surface area contributed by atoms with Crippen molar-refractivity contribution in [2.45, 2.75) is 59.2 Å². The van der Waals surface area contributed by atoms with Gasteiger partial charge in [-0.1, -0.05) is 63.2 Å². The van der Waals surface area contributed by atoms with E-state index in [4.69, 9.17) is 5.73 Å². The van der Waals surface area contributed by atoms with Gasteiger partial charge in [0.25, 0.3) is 5.91 Å². The standard InChI is InChI=1S/C26H34FN5O2/c1-17(18-11-6-5-7-12-18)29-25(34)23(26(2,3)4)30-24(33)21-19-13-10-14-20(27)22(19)32(31-21)16-9-8-15-28/h5-7,10-14,17,23H,8-9,15-16,28H2,1-4H3,(H,29,34)(H,30,33)/t17-,23?/m1/s1. The van der Waals surface area contributed by atoms with Crippen molar-refractivity contribution in [3.05, 3.63) is 65.6 Å². The van der Waals surface area contributed by atoms with Crippen LogP contribution in [-0.2, 0) is 11.3 Å². The molecule has 0 aliphatic carbocycles. The van der Waals surface area contributed by atoms with E-state index >= 15 is 0 Å². The number of nitrogens with one attached hydrogen (secondary N) is 2. The van der Waals surface area contributed by atoms with Gasteiger partial charge in [-0.2, -0.15) is 5.10 Å². The maximum Gasteiger partial charge on any atom is 0.273 e. The predicted octanol–water partition coefficient (Wildman–Crippen LogP) is 3.94. The lowest BCUT2D eigenvalue weighted by atomic mass is 9.85. The number of aryl methyl sites for hydroxylation is 1. The van der Waals surface area contributed by atoms with Gasteiger partial charge in [0.1, 0.15) is 17.4 Å². The minimum absolute atomic E-state index is 0.0976. The van der Waals surface area contributed by atoms with Crippen molar-refractivity contribution in [1.29, 1.82) is 0 Å². The molecule has 7 nitrogen and oxygen atoms in total. The number of rotatable bonds is 9. The maximum atomic E-state index is 14.6. The van der Waals surface area contributed by atoms with E-state index in [0.717, 1.165) is 12.0 Å². The Kier molecular flexibility index (Phi) is 8.04. The van der Waals surface area contributed by atoms with Crippen molar-refractivity contribution in [3.63, 3.8) is 0 Å². The van der Waals surface area contributed by atoms with Crippen molar-refractivity contribution >= 4 is 22.7 Å². The molecule has 0 radical (unpaired) electrons. The Hall–Kier alpha value is -3.26. The monoisotopic (exact) mass is 467 g/mol. The van der Waals surface area contributed by atoms with Crippen molar-refractivity contribution in [2.24, 2.45) is 11.1 Å². The molecule has 2 aromatic carbocycles. The Balaban J connectivity index is 1.86. The highest BCUT2D eigenvalue weighted by molar-refractivity contribution is 6.06. The lowest BCUT2D eigenvalue weighted by Gasteiger charge is -2.31. The van der Waals surface area contributed by atoms with Crippen LogP contribution in [0.1, 0.15) is 62.6 Å². The maximum absolute atomic E-state index is 14.6. The first-order valence-corrected chi connectivity index (χ1v) is 11.6. The average Bonchev–Trinajstić information content (AvgIpc) is 3.17.